The van der Waals surface area contributed by atoms with Gasteiger partial charge in [-0.25, -0.2) is 0 Å². The van der Waals surface area contributed by atoms with Crippen LogP contribution in [0.2, 0.25) is 0 Å². The fourth-order valence-corrected chi connectivity index (χ4v) is 5.21. The molecule has 8 heteroatoms. The second-order valence-electron chi connectivity index (χ2n) is 9.59. The van der Waals surface area contributed by atoms with E-state index in [4.69, 9.17) is 4.52 Å². The van der Waals surface area contributed by atoms with Crippen molar-refractivity contribution in [3.8, 4) is 11.4 Å². The Kier molecular flexibility index (Phi) is 7.91. The van der Waals surface area contributed by atoms with Crippen molar-refractivity contribution in [1.29, 1.82) is 0 Å². The number of aromatic nitrogens is 2. The number of carbonyl (C=O) groups is 1. The molecular formula is C27H32BrN5O2. The molecule has 2 aromatic carbocycles. The largest absolute Gasteiger partial charge is 0.352 e. The minimum atomic E-state index is 0.0556. The Labute approximate surface area is 215 Å². The molecule has 2 aliphatic heterocycles. The van der Waals surface area contributed by atoms with E-state index < -0.39 is 0 Å². The van der Waals surface area contributed by atoms with E-state index in [0.717, 1.165) is 42.5 Å². The summed E-state index contributed by atoms with van der Waals surface area (Å²) in [5.74, 6) is 1.43. The van der Waals surface area contributed by atoms with Crippen molar-refractivity contribution in [2.45, 2.75) is 45.3 Å². The van der Waals surface area contributed by atoms with Crippen LogP contribution in [-0.2, 0) is 24.4 Å². The lowest BCUT2D eigenvalue weighted by atomic mass is 9.96. The molecule has 7 nitrogen and oxygen atoms in total. The maximum Gasteiger partial charge on any atom is 0.241 e. The Morgan fingerprint density at radius 1 is 0.971 bits per heavy atom. The van der Waals surface area contributed by atoms with Crippen LogP contribution in [0.25, 0.3) is 11.4 Å². The van der Waals surface area contributed by atoms with Crippen LogP contribution < -0.4 is 5.32 Å². The normalized spacial score (nSPS) is 17.6. The summed E-state index contributed by atoms with van der Waals surface area (Å²) in [5.41, 5.74) is 3.43. The maximum absolute atomic E-state index is 12.8. The number of halogens is 1. The van der Waals surface area contributed by atoms with E-state index in [0.29, 0.717) is 24.8 Å². The first-order chi connectivity index (χ1) is 17.1. The number of nitrogens with zero attached hydrogens (tertiary/aromatic N) is 4. The molecule has 0 radical (unpaired) electrons. The summed E-state index contributed by atoms with van der Waals surface area (Å²) >= 11 is 3.44. The lowest BCUT2D eigenvalue weighted by molar-refractivity contribution is -0.126. The van der Waals surface area contributed by atoms with Gasteiger partial charge < -0.3 is 9.84 Å². The van der Waals surface area contributed by atoms with Gasteiger partial charge >= 0.3 is 0 Å². The zero-order valence-corrected chi connectivity index (χ0v) is 21.5. The van der Waals surface area contributed by atoms with Crippen molar-refractivity contribution in [1.82, 2.24) is 25.3 Å². The van der Waals surface area contributed by atoms with Crippen LogP contribution in [0.4, 0.5) is 0 Å². The van der Waals surface area contributed by atoms with Crippen molar-refractivity contribution < 1.29 is 9.32 Å². The first-order valence-corrected chi connectivity index (χ1v) is 13.3. The van der Waals surface area contributed by atoms with Gasteiger partial charge in [-0.1, -0.05) is 45.4 Å². The molecule has 3 aromatic rings. The summed E-state index contributed by atoms with van der Waals surface area (Å²) in [6.45, 7) is 6.29. The summed E-state index contributed by atoms with van der Waals surface area (Å²) in [7, 11) is 0. The molecule has 0 unspecified atom stereocenters. The quantitative estimate of drug-likeness (QED) is 0.451. The van der Waals surface area contributed by atoms with E-state index in [-0.39, 0.29) is 11.8 Å². The number of carbonyl (C=O) groups excluding carboxylic acids is 1. The number of rotatable bonds is 8. The molecule has 0 aliphatic carbocycles. The summed E-state index contributed by atoms with van der Waals surface area (Å²) in [6, 6.07) is 16.5. The fourth-order valence-electron chi connectivity index (χ4n) is 4.95. The summed E-state index contributed by atoms with van der Waals surface area (Å²) in [4.78, 5) is 22.1. The third kappa shape index (κ3) is 6.57. The highest BCUT2D eigenvalue weighted by Crippen LogP contribution is 2.22. The first-order valence-electron chi connectivity index (χ1n) is 12.5. The van der Waals surface area contributed by atoms with Crippen molar-refractivity contribution in [2.24, 2.45) is 5.92 Å². The van der Waals surface area contributed by atoms with E-state index in [1.165, 1.54) is 37.1 Å². The van der Waals surface area contributed by atoms with Crippen LogP contribution in [0.15, 0.2) is 57.5 Å². The second-order valence-corrected chi connectivity index (χ2v) is 10.5. The van der Waals surface area contributed by atoms with E-state index in [2.05, 4.69) is 65.5 Å². The van der Waals surface area contributed by atoms with Crippen LogP contribution >= 0.6 is 15.9 Å². The number of likely N-dealkylation sites (tertiary alicyclic amines) is 2. The second kappa shape index (κ2) is 11.5. The van der Waals surface area contributed by atoms with Crippen molar-refractivity contribution in [2.75, 3.05) is 26.2 Å². The van der Waals surface area contributed by atoms with Gasteiger partial charge in [-0.2, -0.15) is 4.98 Å². The summed E-state index contributed by atoms with van der Waals surface area (Å²) in [5, 5.41) is 7.28. The molecule has 1 aromatic heterocycles. The lowest BCUT2D eigenvalue weighted by Crippen LogP contribution is -2.40. The van der Waals surface area contributed by atoms with Gasteiger partial charge in [-0.3, -0.25) is 14.6 Å². The minimum absolute atomic E-state index is 0.0556. The van der Waals surface area contributed by atoms with Gasteiger partial charge in [-0.05, 0) is 87.3 Å². The zero-order chi connectivity index (χ0) is 24.0. The van der Waals surface area contributed by atoms with E-state index >= 15 is 0 Å². The fraction of sp³-hybridized carbons (Fsp3) is 0.444. The number of hydrogen-bond acceptors (Lipinski definition) is 6. The SMILES string of the molecule is O=C(NCc1cccc(CN2CCCC2)c1)C1CCN(Cc2nc(-c3ccc(Br)cc3)no2)CC1. The Hall–Kier alpha value is -2.55. The van der Waals surface area contributed by atoms with Crippen molar-refractivity contribution in [3.05, 3.63) is 70.0 Å². The monoisotopic (exact) mass is 537 g/mol. The van der Waals surface area contributed by atoms with Crippen LogP contribution in [0.3, 0.4) is 0 Å². The van der Waals surface area contributed by atoms with Gasteiger partial charge in [0.15, 0.2) is 0 Å². The zero-order valence-electron chi connectivity index (χ0n) is 20.0. The number of piperidine rings is 1. The molecule has 1 amide bonds. The van der Waals surface area contributed by atoms with Crippen LogP contribution in [0, 0.1) is 5.92 Å². The maximum atomic E-state index is 12.8. The predicted octanol–water partition coefficient (Wildman–Crippen LogP) is 4.62. The van der Waals surface area contributed by atoms with Crippen molar-refractivity contribution >= 4 is 21.8 Å². The molecule has 2 saturated heterocycles. The number of amides is 1. The summed E-state index contributed by atoms with van der Waals surface area (Å²) in [6.07, 6.45) is 4.29. The third-order valence-corrected chi connectivity index (χ3v) is 7.48. The van der Waals surface area contributed by atoms with E-state index in [1.54, 1.807) is 0 Å². The average Bonchev–Trinajstić information content (AvgIpc) is 3.56. The molecule has 3 heterocycles. The Morgan fingerprint density at radius 2 is 1.69 bits per heavy atom. The highest BCUT2D eigenvalue weighted by atomic mass is 79.9. The standard InChI is InChI=1S/C27H32BrN5O2/c28-24-8-6-22(7-9-24)26-30-25(35-31-26)19-33-14-10-23(11-15-33)27(34)29-17-20-4-3-5-21(16-20)18-32-12-1-2-13-32/h3-9,16,23H,1-2,10-15,17-19H2,(H,29,34). The Morgan fingerprint density at radius 3 is 2.46 bits per heavy atom. The third-order valence-electron chi connectivity index (χ3n) is 6.95. The highest BCUT2D eigenvalue weighted by Gasteiger charge is 2.26. The molecule has 35 heavy (non-hydrogen) atoms. The molecule has 0 atom stereocenters. The Balaban J connectivity index is 1.06. The van der Waals surface area contributed by atoms with E-state index in [9.17, 15) is 4.79 Å². The topological polar surface area (TPSA) is 74.5 Å². The molecule has 5 rings (SSSR count). The highest BCUT2D eigenvalue weighted by molar-refractivity contribution is 9.10. The smallest absolute Gasteiger partial charge is 0.241 e. The predicted molar refractivity (Wildman–Crippen MR) is 138 cm³/mol. The Bertz CT molecular complexity index is 1120. The molecule has 2 aliphatic rings. The van der Waals surface area contributed by atoms with Crippen molar-refractivity contribution in [3.63, 3.8) is 0 Å². The molecular weight excluding hydrogens is 506 g/mol. The average molecular weight is 538 g/mol. The van der Waals surface area contributed by atoms with Gasteiger partial charge in [-0.15, -0.1) is 0 Å². The van der Waals surface area contributed by atoms with Gasteiger partial charge in [0.05, 0.1) is 6.54 Å². The molecule has 0 spiro atoms. The molecule has 0 bridgehead atoms. The number of nitrogens with one attached hydrogen (secondary N) is 1. The van der Waals surface area contributed by atoms with Crippen LogP contribution in [-0.4, -0.2) is 52.0 Å². The number of hydrogen-bond donors (Lipinski definition) is 1. The van der Waals surface area contributed by atoms with Gasteiger partial charge in [0.1, 0.15) is 0 Å². The van der Waals surface area contributed by atoms with Gasteiger partial charge in [0, 0.05) is 29.0 Å². The molecule has 184 valence electrons. The van der Waals surface area contributed by atoms with E-state index in [1.807, 2.05) is 24.3 Å². The minimum Gasteiger partial charge on any atom is -0.352 e. The summed E-state index contributed by atoms with van der Waals surface area (Å²) < 4.78 is 6.49. The lowest BCUT2D eigenvalue weighted by Gasteiger charge is -2.30. The van der Waals surface area contributed by atoms with Crippen LogP contribution in [0.1, 0.15) is 42.7 Å². The van der Waals surface area contributed by atoms with Gasteiger partial charge in [0.2, 0.25) is 17.6 Å². The van der Waals surface area contributed by atoms with Gasteiger partial charge in [0.25, 0.3) is 0 Å². The number of benzene rings is 2. The molecule has 0 saturated carbocycles. The molecule has 2 fully saturated rings. The van der Waals surface area contributed by atoms with Crippen LogP contribution in [0.5, 0.6) is 0 Å². The first kappa shape index (κ1) is 24.2. The molecule has 1 N–H and O–H groups in total.